The lowest BCUT2D eigenvalue weighted by Gasteiger charge is -2.39. The molecule has 7 heteroatoms. The van der Waals surface area contributed by atoms with Gasteiger partial charge < -0.3 is 4.90 Å². The summed E-state index contributed by atoms with van der Waals surface area (Å²) in [6.07, 6.45) is 3.13. The lowest BCUT2D eigenvalue weighted by molar-refractivity contribution is -0.137. The third kappa shape index (κ3) is 5.38. The number of nitrogens with zero attached hydrogens (tertiary/aromatic N) is 1. The van der Waals surface area contributed by atoms with Crippen LogP contribution in [0.5, 0.6) is 0 Å². The molecule has 0 spiro atoms. The van der Waals surface area contributed by atoms with E-state index in [9.17, 15) is 13.2 Å². The molecule has 1 aliphatic heterocycles. The number of carbonyl (C=O) groups excluding carboxylic acids is 1. The highest BCUT2D eigenvalue weighted by Gasteiger charge is 2.32. The minimum absolute atomic E-state index is 0.0302. The fourth-order valence-corrected chi connectivity index (χ4v) is 5.33. The quantitative estimate of drug-likeness (QED) is 0.725. The molecule has 1 N–H and O–H groups in total. The number of rotatable bonds is 6. The number of benzene rings is 2. The summed E-state index contributed by atoms with van der Waals surface area (Å²) < 4.78 is 28.6. The molecule has 1 heterocycles. The Labute approximate surface area is 178 Å². The number of hydrogen-bond acceptors (Lipinski definition) is 3. The number of piperidine rings is 1. The Kier molecular flexibility index (Phi) is 6.98. The van der Waals surface area contributed by atoms with Crippen LogP contribution in [0.25, 0.3) is 0 Å². The first-order valence-corrected chi connectivity index (χ1v) is 11.8. The normalized spacial score (nSPS) is 21.0. The Morgan fingerprint density at radius 2 is 1.66 bits per heavy atom. The van der Waals surface area contributed by atoms with Gasteiger partial charge in [0.05, 0.1) is 10.9 Å². The van der Waals surface area contributed by atoms with Crippen molar-refractivity contribution in [3.63, 3.8) is 0 Å². The summed E-state index contributed by atoms with van der Waals surface area (Å²) in [6, 6.07) is 14.9. The molecule has 1 aliphatic rings. The van der Waals surface area contributed by atoms with Crippen LogP contribution in [0.15, 0.2) is 59.5 Å². The van der Waals surface area contributed by atoms with Gasteiger partial charge >= 0.3 is 0 Å². The van der Waals surface area contributed by atoms with E-state index >= 15 is 0 Å². The Balaban J connectivity index is 1.85. The van der Waals surface area contributed by atoms with Crippen molar-refractivity contribution in [1.29, 1.82) is 0 Å². The molecule has 0 radical (unpaired) electrons. The minimum Gasteiger partial charge on any atom is -0.337 e. The average Bonchev–Trinajstić information content (AvgIpc) is 2.68. The SMILES string of the molecule is CC1CCCC(C)N1C(=O)CC(NS(=O)(=O)c1ccc(Cl)cc1)c1ccccc1. The predicted octanol–water partition coefficient (Wildman–Crippen LogP) is 4.54. The van der Waals surface area contributed by atoms with Crippen LogP contribution in [-0.2, 0) is 14.8 Å². The second-order valence-electron chi connectivity index (χ2n) is 7.67. The van der Waals surface area contributed by atoms with Gasteiger partial charge in [-0.15, -0.1) is 0 Å². The molecule has 0 bridgehead atoms. The number of carbonyl (C=O) groups is 1. The van der Waals surface area contributed by atoms with E-state index < -0.39 is 16.1 Å². The van der Waals surface area contributed by atoms with Crippen molar-refractivity contribution in [2.45, 2.75) is 62.6 Å². The highest BCUT2D eigenvalue weighted by molar-refractivity contribution is 7.89. The first-order chi connectivity index (χ1) is 13.8. The van der Waals surface area contributed by atoms with Gasteiger partial charge in [0.2, 0.25) is 15.9 Å². The van der Waals surface area contributed by atoms with E-state index in [1.165, 1.54) is 24.3 Å². The fraction of sp³-hybridized carbons (Fsp3) is 0.409. The molecule has 3 unspecified atom stereocenters. The standard InChI is InChI=1S/C22H27ClN2O3S/c1-16-7-6-8-17(2)25(16)22(26)15-21(18-9-4-3-5-10-18)24-29(27,28)20-13-11-19(23)12-14-20/h3-5,9-14,16-17,21,24H,6-8,15H2,1-2H3. The largest absolute Gasteiger partial charge is 0.337 e. The molecule has 1 amide bonds. The van der Waals surface area contributed by atoms with E-state index in [1.807, 2.05) is 35.2 Å². The molecular weight excluding hydrogens is 408 g/mol. The Morgan fingerprint density at radius 3 is 2.24 bits per heavy atom. The van der Waals surface area contributed by atoms with Gasteiger partial charge in [0.25, 0.3) is 0 Å². The summed E-state index contributed by atoms with van der Waals surface area (Å²) in [5, 5.41) is 0.465. The van der Waals surface area contributed by atoms with Crippen LogP contribution in [0.1, 0.15) is 51.1 Å². The second-order valence-corrected chi connectivity index (χ2v) is 9.82. The van der Waals surface area contributed by atoms with Gasteiger partial charge in [0.1, 0.15) is 0 Å². The van der Waals surface area contributed by atoms with E-state index in [0.717, 1.165) is 24.8 Å². The maximum absolute atomic E-state index is 13.1. The van der Waals surface area contributed by atoms with E-state index in [4.69, 9.17) is 11.6 Å². The number of halogens is 1. The molecular formula is C22H27ClN2O3S. The molecule has 2 aromatic rings. The van der Waals surface area contributed by atoms with Crippen molar-refractivity contribution in [3.05, 3.63) is 65.2 Å². The van der Waals surface area contributed by atoms with Crippen LogP contribution >= 0.6 is 11.6 Å². The molecule has 1 fully saturated rings. The Hall–Kier alpha value is -1.89. The van der Waals surface area contributed by atoms with Crippen molar-refractivity contribution in [2.24, 2.45) is 0 Å². The van der Waals surface area contributed by atoms with E-state index in [1.54, 1.807) is 0 Å². The van der Waals surface area contributed by atoms with E-state index in [0.29, 0.717) is 5.02 Å². The molecule has 3 atom stereocenters. The maximum Gasteiger partial charge on any atom is 0.241 e. The monoisotopic (exact) mass is 434 g/mol. The van der Waals surface area contributed by atoms with Crippen molar-refractivity contribution in [3.8, 4) is 0 Å². The number of sulfonamides is 1. The number of amides is 1. The van der Waals surface area contributed by atoms with Gasteiger partial charge in [-0.3, -0.25) is 4.79 Å². The molecule has 0 aromatic heterocycles. The zero-order valence-electron chi connectivity index (χ0n) is 16.7. The predicted molar refractivity (Wildman–Crippen MR) is 115 cm³/mol. The maximum atomic E-state index is 13.1. The van der Waals surface area contributed by atoms with Gasteiger partial charge in [0.15, 0.2) is 0 Å². The molecule has 0 aliphatic carbocycles. The minimum atomic E-state index is -3.81. The summed E-state index contributed by atoms with van der Waals surface area (Å²) in [5.41, 5.74) is 0.760. The molecule has 156 valence electrons. The first kappa shape index (κ1) is 21.8. The van der Waals surface area contributed by atoms with Crippen molar-refractivity contribution in [2.75, 3.05) is 0 Å². The van der Waals surface area contributed by atoms with Crippen molar-refractivity contribution in [1.82, 2.24) is 9.62 Å². The molecule has 5 nitrogen and oxygen atoms in total. The summed E-state index contributed by atoms with van der Waals surface area (Å²) in [6.45, 7) is 4.12. The number of hydrogen-bond donors (Lipinski definition) is 1. The Morgan fingerprint density at radius 1 is 1.07 bits per heavy atom. The number of nitrogens with one attached hydrogen (secondary N) is 1. The molecule has 1 saturated heterocycles. The molecule has 29 heavy (non-hydrogen) atoms. The molecule has 3 rings (SSSR count). The summed E-state index contributed by atoms with van der Waals surface area (Å²) in [7, 11) is -3.81. The van der Waals surface area contributed by atoms with Crippen molar-refractivity contribution < 1.29 is 13.2 Å². The highest BCUT2D eigenvalue weighted by Crippen LogP contribution is 2.27. The zero-order chi connectivity index (χ0) is 21.0. The zero-order valence-corrected chi connectivity index (χ0v) is 18.3. The number of likely N-dealkylation sites (tertiary alicyclic amines) is 1. The van der Waals surface area contributed by atoms with Crippen LogP contribution in [0.3, 0.4) is 0 Å². The van der Waals surface area contributed by atoms with Crippen LogP contribution in [0.2, 0.25) is 5.02 Å². The topological polar surface area (TPSA) is 66.5 Å². The fourth-order valence-electron chi connectivity index (χ4n) is 3.97. The van der Waals surface area contributed by atoms with Gasteiger partial charge in [-0.1, -0.05) is 41.9 Å². The second kappa shape index (κ2) is 9.28. The summed E-state index contributed by atoms with van der Waals surface area (Å²) in [5.74, 6) is -0.0302. The van der Waals surface area contributed by atoms with Crippen LogP contribution in [-0.4, -0.2) is 31.3 Å². The summed E-state index contributed by atoms with van der Waals surface area (Å²) >= 11 is 5.88. The molecule has 0 saturated carbocycles. The van der Waals surface area contributed by atoms with Crippen LogP contribution < -0.4 is 4.72 Å². The van der Waals surface area contributed by atoms with Crippen LogP contribution in [0.4, 0.5) is 0 Å². The van der Waals surface area contributed by atoms with Gasteiger partial charge in [-0.2, -0.15) is 0 Å². The lowest BCUT2D eigenvalue weighted by Crippen LogP contribution is -2.48. The van der Waals surface area contributed by atoms with Crippen LogP contribution in [0, 0.1) is 0 Å². The Bertz CT molecular complexity index is 922. The summed E-state index contributed by atoms with van der Waals surface area (Å²) in [4.78, 5) is 15.2. The molecule has 2 aromatic carbocycles. The van der Waals surface area contributed by atoms with Gasteiger partial charge in [0, 0.05) is 23.5 Å². The lowest BCUT2D eigenvalue weighted by atomic mass is 9.95. The third-order valence-electron chi connectivity index (χ3n) is 5.48. The van der Waals surface area contributed by atoms with Gasteiger partial charge in [-0.05, 0) is 62.9 Å². The van der Waals surface area contributed by atoms with Gasteiger partial charge in [-0.25, -0.2) is 13.1 Å². The third-order valence-corrected chi connectivity index (χ3v) is 7.22. The van der Waals surface area contributed by atoms with E-state index in [2.05, 4.69) is 18.6 Å². The average molecular weight is 435 g/mol. The van der Waals surface area contributed by atoms with E-state index in [-0.39, 0.29) is 29.3 Å². The first-order valence-electron chi connectivity index (χ1n) is 9.92. The van der Waals surface area contributed by atoms with Crippen molar-refractivity contribution >= 4 is 27.5 Å². The smallest absolute Gasteiger partial charge is 0.241 e. The highest BCUT2D eigenvalue weighted by atomic mass is 35.5.